The Morgan fingerprint density at radius 3 is 2.47 bits per heavy atom. The molecule has 0 aromatic heterocycles. The molecule has 1 aromatic rings. The molecule has 0 saturated heterocycles. The van der Waals surface area contributed by atoms with Gasteiger partial charge in [0.15, 0.2) is 0 Å². The Morgan fingerprint density at radius 2 is 1.95 bits per heavy atom. The topological polar surface area (TPSA) is 43.8 Å². The highest BCUT2D eigenvalue weighted by Crippen LogP contribution is 2.23. The fourth-order valence-electron chi connectivity index (χ4n) is 1.76. The van der Waals surface area contributed by atoms with Gasteiger partial charge in [0, 0.05) is 24.1 Å². The predicted octanol–water partition coefficient (Wildman–Crippen LogP) is 2.57. The van der Waals surface area contributed by atoms with Crippen LogP contribution in [0.5, 0.6) is 5.75 Å². The number of hydrogen-bond donors (Lipinski definition) is 1. The van der Waals surface area contributed by atoms with Crippen molar-refractivity contribution in [3.63, 3.8) is 0 Å². The Morgan fingerprint density at radius 1 is 1.26 bits per heavy atom. The monoisotopic (exact) mass is 328 g/mol. The van der Waals surface area contributed by atoms with Gasteiger partial charge in [-0.1, -0.05) is 22.9 Å². The summed E-state index contributed by atoms with van der Waals surface area (Å²) in [6.45, 7) is 4.21. The quantitative estimate of drug-likeness (QED) is 0.872. The second-order valence-electron chi connectivity index (χ2n) is 4.76. The fraction of sp³-hybridized carbons (Fsp3) is 0.500. The molecule has 0 radical (unpaired) electrons. The van der Waals surface area contributed by atoms with Crippen LogP contribution in [-0.4, -0.2) is 54.5 Å². The third kappa shape index (κ3) is 4.84. The van der Waals surface area contributed by atoms with E-state index in [9.17, 15) is 9.90 Å². The molecule has 1 rings (SSSR count). The normalized spacial score (nSPS) is 10.8. The lowest BCUT2D eigenvalue weighted by atomic mass is 10.1. The second-order valence-corrected chi connectivity index (χ2v) is 5.67. The second kappa shape index (κ2) is 7.50. The Bertz CT molecular complexity index is 435. The highest BCUT2D eigenvalue weighted by atomic mass is 79.9. The number of benzene rings is 1. The number of hydrogen-bond acceptors (Lipinski definition) is 3. The summed E-state index contributed by atoms with van der Waals surface area (Å²) in [4.78, 5) is 16.2. The van der Waals surface area contributed by atoms with Crippen LogP contribution in [0.3, 0.4) is 0 Å². The van der Waals surface area contributed by atoms with Gasteiger partial charge in [-0.3, -0.25) is 4.79 Å². The first-order valence-corrected chi connectivity index (χ1v) is 7.17. The van der Waals surface area contributed by atoms with Crippen molar-refractivity contribution in [2.45, 2.75) is 13.3 Å². The Labute approximate surface area is 123 Å². The van der Waals surface area contributed by atoms with Crippen molar-refractivity contribution in [3.8, 4) is 5.75 Å². The van der Waals surface area contributed by atoms with Crippen molar-refractivity contribution >= 4 is 21.8 Å². The number of carbonyl (C=O) groups is 1. The average molecular weight is 329 g/mol. The lowest BCUT2D eigenvalue weighted by Crippen LogP contribution is -2.37. The largest absolute Gasteiger partial charge is 0.507 e. The van der Waals surface area contributed by atoms with E-state index in [-0.39, 0.29) is 11.7 Å². The van der Waals surface area contributed by atoms with E-state index in [1.165, 1.54) is 0 Å². The lowest BCUT2D eigenvalue weighted by molar-refractivity contribution is 0.0742. The third-order valence-corrected chi connectivity index (χ3v) is 3.28. The number of carbonyl (C=O) groups excluding carboxylic acids is 1. The molecule has 4 nitrogen and oxygen atoms in total. The highest BCUT2D eigenvalue weighted by molar-refractivity contribution is 9.10. The van der Waals surface area contributed by atoms with Gasteiger partial charge in [-0.2, -0.15) is 0 Å². The van der Waals surface area contributed by atoms with Crippen molar-refractivity contribution in [1.82, 2.24) is 9.80 Å². The number of phenolic OH excluding ortho intramolecular Hbond substituents is 1. The summed E-state index contributed by atoms with van der Waals surface area (Å²) < 4.78 is 0.761. The number of phenols is 1. The van der Waals surface area contributed by atoms with Crippen LogP contribution in [0.1, 0.15) is 23.7 Å². The van der Waals surface area contributed by atoms with Gasteiger partial charge in [-0.15, -0.1) is 0 Å². The number of amides is 1. The van der Waals surface area contributed by atoms with Crippen LogP contribution in [0.2, 0.25) is 0 Å². The van der Waals surface area contributed by atoms with E-state index in [2.05, 4.69) is 15.9 Å². The molecule has 0 unspecified atom stereocenters. The van der Waals surface area contributed by atoms with Gasteiger partial charge >= 0.3 is 0 Å². The molecule has 0 aliphatic rings. The first-order valence-electron chi connectivity index (χ1n) is 6.38. The SMILES string of the molecule is CCCN(CCN(C)C)C(=O)c1ccc(Br)cc1O. The van der Waals surface area contributed by atoms with Crippen molar-refractivity contribution in [2.75, 3.05) is 33.7 Å². The molecule has 1 amide bonds. The maximum Gasteiger partial charge on any atom is 0.257 e. The van der Waals surface area contributed by atoms with Crippen LogP contribution in [0.25, 0.3) is 0 Å². The zero-order valence-electron chi connectivity index (χ0n) is 11.7. The van der Waals surface area contributed by atoms with Crippen LogP contribution in [-0.2, 0) is 0 Å². The zero-order chi connectivity index (χ0) is 14.4. The van der Waals surface area contributed by atoms with E-state index in [0.29, 0.717) is 18.7 Å². The highest BCUT2D eigenvalue weighted by Gasteiger charge is 2.18. The third-order valence-electron chi connectivity index (χ3n) is 2.79. The first kappa shape index (κ1) is 16.0. The van der Waals surface area contributed by atoms with E-state index >= 15 is 0 Å². The fourth-order valence-corrected chi connectivity index (χ4v) is 2.11. The summed E-state index contributed by atoms with van der Waals surface area (Å²) in [5.74, 6) is -0.0981. The van der Waals surface area contributed by atoms with Crippen LogP contribution < -0.4 is 0 Å². The maximum atomic E-state index is 12.4. The Kier molecular flexibility index (Phi) is 6.31. The molecule has 0 aliphatic heterocycles. The van der Waals surface area contributed by atoms with Crippen LogP contribution in [0.15, 0.2) is 22.7 Å². The molecule has 1 aromatic carbocycles. The molecule has 0 atom stereocenters. The van der Waals surface area contributed by atoms with Gasteiger partial charge in [0.25, 0.3) is 5.91 Å². The maximum absolute atomic E-state index is 12.4. The number of nitrogens with zero attached hydrogens (tertiary/aromatic N) is 2. The van der Waals surface area contributed by atoms with E-state index in [0.717, 1.165) is 17.4 Å². The standard InChI is InChI=1S/C14H21BrN2O2/c1-4-7-17(9-8-16(2)3)14(19)12-6-5-11(15)10-13(12)18/h5-6,10,18H,4,7-9H2,1-3H3. The van der Waals surface area contributed by atoms with Gasteiger partial charge in [0.1, 0.15) is 5.75 Å². The lowest BCUT2D eigenvalue weighted by Gasteiger charge is -2.24. The molecule has 0 bridgehead atoms. The van der Waals surface area contributed by atoms with Crippen molar-refractivity contribution in [2.24, 2.45) is 0 Å². The molecule has 0 heterocycles. The number of rotatable bonds is 6. The smallest absolute Gasteiger partial charge is 0.257 e. The molecule has 0 fully saturated rings. The summed E-state index contributed by atoms with van der Waals surface area (Å²) in [5.41, 5.74) is 0.357. The molecular weight excluding hydrogens is 308 g/mol. The molecule has 106 valence electrons. The molecule has 19 heavy (non-hydrogen) atoms. The zero-order valence-corrected chi connectivity index (χ0v) is 13.3. The minimum absolute atomic E-state index is 0.0188. The van der Waals surface area contributed by atoms with E-state index in [1.807, 2.05) is 25.9 Å². The van der Waals surface area contributed by atoms with Crippen molar-refractivity contribution < 1.29 is 9.90 Å². The van der Waals surface area contributed by atoms with Crippen molar-refractivity contribution in [3.05, 3.63) is 28.2 Å². The van der Waals surface area contributed by atoms with Crippen LogP contribution in [0, 0.1) is 0 Å². The summed E-state index contributed by atoms with van der Waals surface area (Å²) in [5, 5.41) is 9.87. The Hall–Kier alpha value is -1.07. The average Bonchev–Trinajstić information content (AvgIpc) is 2.33. The van der Waals surface area contributed by atoms with Crippen molar-refractivity contribution in [1.29, 1.82) is 0 Å². The van der Waals surface area contributed by atoms with Gasteiger partial charge < -0.3 is 14.9 Å². The van der Waals surface area contributed by atoms with E-state index in [4.69, 9.17) is 0 Å². The molecule has 5 heteroatoms. The number of halogens is 1. The predicted molar refractivity (Wildman–Crippen MR) is 80.6 cm³/mol. The molecule has 0 saturated carbocycles. The summed E-state index contributed by atoms with van der Waals surface area (Å²) in [6.07, 6.45) is 0.899. The van der Waals surface area contributed by atoms with Crippen LogP contribution in [0.4, 0.5) is 0 Å². The van der Waals surface area contributed by atoms with E-state index < -0.39 is 0 Å². The van der Waals surface area contributed by atoms with Gasteiger partial charge in [-0.05, 0) is 38.7 Å². The summed E-state index contributed by atoms with van der Waals surface area (Å²) in [7, 11) is 3.96. The van der Waals surface area contributed by atoms with Gasteiger partial charge in [0.2, 0.25) is 0 Å². The minimum Gasteiger partial charge on any atom is -0.507 e. The molecular formula is C14H21BrN2O2. The molecule has 0 spiro atoms. The summed E-state index contributed by atoms with van der Waals surface area (Å²) in [6, 6.07) is 4.96. The van der Waals surface area contributed by atoms with Gasteiger partial charge in [0.05, 0.1) is 5.56 Å². The van der Waals surface area contributed by atoms with Crippen LogP contribution >= 0.6 is 15.9 Å². The van der Waals surface area contributed by atoms with E-state index in [1.54, 1.807) is 23.1 Å². The Balaban J connectivity index is 2.85. The molecule has 0 aliphatic carbocycles. The minimum atomic E-state index is -0.117. The first-order chi connectivity index (χ1) is 8.95. The molecule has 1 N–H and O–H groups in total. The summed E-state index contributed by atoms with van der Waals surface area (Å²) >= 11 is 3.27. The number of aromatic hydroxyl groups is 1. The van der Waals surface area contributed by atoms with Gasteiger partial charge in [-0.25, -0.2) is 0 Å². The number of likely N-dealkylation sites (N-methyl/N-ethyl adjacent to an activating group) is 1.